The van der Waals surface area contributed by atoms with Crippen molar-refractivity contribution in [3.05, 3.63) is 28.7 Å². The van der Waals surface area contributed by atoms with Crippen LogP contribution < -0.4 is 0 Å². The normalized spacial score (nSPS) is 23.3. The maximum absolute atomic E-state index is 12.8. The number of halogens is 1. The molecule has 2 rings (SSSR count). The highest BCUT2D eigenvalue weighted by Crippen LogP contribution is 2.37. The van der Waals surface area contributed by atoms with Crippen molar-refractivity contribution in [2.75, 3.05) is 20.3 Å². The average Bonchev–Trinajstić information content (AvgIpc) is 2.85. The Labute approximate surface area is 131 Å². The molecule has 1 aromatic rings. The van der Waals surface area contributed by atoms with Crippen LogP contribution in [-0.4, -0.2) is 49.6 Å². The molecule has 1 saturated heterocycles. The van der Waals surface area contributed by atoms with Crippen molar-refractivity contribution >= 4 is 31.9 Å². The van der Waals surface area contributed by atoms with Crippen LogP contribution >= 0.6 is 15.9 Å². The summed E-state index contributed by atoms with van der Waals surface area (Å²) >= 11 is 3.21. The lowest BCUT2D eigenvalue weighted by Gasteiger charge is -2.33. The summed E-state index contributed by atoms with van der Waals surface area (Å²) in [5.41, 5.74) is -1.54. The van der Waals surface area contributed by atoms with Gasteiger partial charge in [-0.15, -0.1) is 0 Å². The van der Waals surface area contributed by atoms with Crippen molar-refractivity contribution in [3.63, 3.8) is 0 Å². The molecule has 1 fully saturated rings. The van der Waals surface area contributed by atoms with E-state index in [9.17, 15) is 18.3 Å². The second kappa shape index (κ2) is 6.04. The zero-order valence-electron chi connectivity index (χ0n) is 11.5. The predicted molar refractivity (Wildman–Crippen MR) is 79.5 cm³/mol. The smallest absolute Gasteiger partial charge is 0.327 e. The number of methoxy groups -OCH3 is 1. The summed E-state index contributed by atoms with van der Waals surface area (Å²) in [6.07, 6.45) is 0.721. The number of aliphatic carboxylic acids is 1. The van der Waals surface area contributed by atoms with Gasteiger partial charge in [-0.25, -0.2) is 8.42 Å². The summed E-state index contributed by atoms with van der Waals surface area (Å²) < 4.78 is 32.1. The van der Waals surface area contributed by atoms with E-state index in [0.29, 0.717) is 10.9 Å². The molecule has 1 aliphatic heterocycles. The first-order valence-electron chi connectivity index (χ1n) is 6.36. The molecule has 116 valence electrons. The van der Waals surface area contributed by atoms with E-state index < -0.39 is 21.5 Å². The number of ether oxygens (including phenoxy) is 1. The number of rotatable bonds is 5. The van der Waals surface area contributed by atoms with Gasteiger partial charge in [0, 0.05) is 18.1 Å². The second-order valence-corrected chi connectivity index (χ2v) is 7.57. The molecule has 1 unspecified atom stereocenters. The number of hydrogen-bond donors (Lipinski definition) is 1. The van der Waals surface area contributed by atoms with E-state index in [1.807, 2.05) is 0 Å². The highest BCUT2D eigenvalue weighted by molar-refractivity contribution is 9.10. The fourth-order valence-corrected chi connectivity index (χ4v) is 5.39. The highest BCUT2D eigenvalue weighted by atomic mass is 79.9. The second-order valence-electron chi connectivity index (χ2n) is 4.88. The first-order chi connectivity index (χ1) is 9.86. The number of hydrogen-bond acceptors (Lipinski definition) is 4. The molecular formula is C13H16BrNO5S. The molecule has 21 heavy (non-hydrogen) atoms. The van der Waals surface area contributed by atoms with Gasteiger partial charge in [-0.1, -0.05) is 12.1 Å². The van der Waals surface area contributed by atoms with E-state index in [-0.39, 0.29) is 24.5 Å². The maximum atomic E-state index is 12.8. The van der Waals surface area contributed by atoms with Gasteiger partial charge in [0.05, 0.1) is 11.5 Å². The standard InChI is InChI=1S/C13H16BrNO5S/c1-20-9-13(12(16)17)7-4-8-15(13)21(18,19)11-6-3-2-5-10(11)14/h2-3,5-6H,4,7-9H2,1H3,(H,16,17). The maximum Gasteiger partial charge on any atom is 0.327 e. The van der Waals surface area contributed by atoms with Crippen molar-refractivity contribution in [1.82, 2.24) is 4.31 Å². The first kappa shape index (κ1) is 16.4. The third-order valence-electron chi connectivity index (χ3n) is 3.61. The van der Waals surface area contributed by atoms with Crippen LogP contribution in [0.5, 0.6) is 0 Å². The Morgan fingerprint density at radius 3 is 2.71 bits per heavy atom. The van der Waals surface area contributed by atoms with Gasteiger partial charge in [0.1, 0.15) is 0 Å². The Hall–Kier alpha value is -0.960. The Balaban J connectivity index is 2.53. The molecule has 1 aliphatic rings. The summed E-state index contributed by atoms with van der Waals surface area (Å²) in [7, 11) is -2.55. The SMILES string of the molecule is COCC1(C(=O)O)CCCN1S(=O)(=O)c1ccccc1Br. The monoisotopic (exact) mass is 377 g/mol. The Kier molecular flexibility index (Phi) is 4.72. The minimum atomic E-state index is -3.92. The molecule has 1 aromatic carbocycles. The van der Waals surface area contributed by atoms with Gasteiger partial charge < -0.3 is 9.84 Å². The molecule has 1 atom stereocenters. The number of carboxylic acid groups (broad SMARTS) is 1. The van der Waals surface area contributed by atoms with Gasteiger partial charge in [0.15, 0.2) is 5.54 Å². The molecule has 1 heterocycles. The van der Waals surface area contributed by atoms with Crippen LogP contribution in [0.15, 0.2) is 33.6 Å². The van der Waals surface area contributed by atoms with Gasteiger partial charge in [-0.2, -0.15) is 4.31 Å². The minimum Gasteiger partial charge on any atom is -0.480 e. The molecule has 0 aliphatic carbocycles. The van der Waals surface area contributed by atoms with Crippen LogP contribution in [0.3, 0.4) is 0 Å². The lowest BCUT2D eigenvalue weighted by Crippen LogP contribution is -2.55. The van der Waals surface area contributed by atoms with Gasteiger partial charge in [-0.05, 0) is 40.9 Å². The van der Waals surface area contributed by atoms with Crippen LogP contribution in [0.4, 0.5) is 0 Å². The summed E-state index contributed by atoms with van der Waals surface area (Å²) in [4.78, 5) is 11.8. The zero-order chi connectivity index (χ0) is 15.7. The van der Waals surface area contributed by atoms with E-state index in [0.717, 1.165) is 4.31 Å². The van der Waals surface area contributed by atoms with Gasteiger partial charge in [0.2, 0.25) is 10.0 Å². The number of carboxylic acids is 1. The van der Waals surface area contributed by atoms with Crippen molar-refractivity contribution in [3.8, 4) is 0 Å². The Morgan fingerprint density at radius 2 is 2.14 bits per heavy atom. The lowest BCUT2D eigenvalue weighted by atomic mass is 9.99. The largest absolute Gasteiger partial charge is 0.480 e. The van der Waals surface area contributed by atoms with Crippen LogP contribution in [0.25, 0.3) is 0 Å². The minimum absolute atomic E-state index is 0.0635. The molecule has 1 N–H and O–H groups in total. The lowest BCUT2D eigenvalue weighted by molar-refractivity contribution is -0.150. The molecule has 0 saturated carbocycles. The van der Waals surface area contributed by atoms with E-state index >= 15 is 0 Å². The van der Waals surface area contributed by atoms with Crippen LogP contribution in [-0.2, 0) is 19.6 Å². The number of nitrogens with zero attached hydrogens (tertiary/aromatic N) is 1. The summed E-state index contributed by atoms with van der Waals surface area (Å²) in [5, 5.41) is 9.55. The zero-order valence-corrected chi connectivity index (χ0v) is 13.9. The van der Waals surface area contributed by atoms with Crippen LogP contribution in [0.1, 0.15) is 12.8 Å². The van der Waals surface area contributed by atoms with Crippen molar-refractivity contribution < 1.29 is 23.1 Å². The molecule has 0 amide bonds. The van der Waals surface area contributed by atoms with Crippen molar-refractivity contribution in [2.45, 2.75) is 23.3 Å². The molecule has 0 spiro atoms. The summed E-state index contributed by atoms with van der Waals surface area (Å²) in [5.74, 6) is -1.18. The molecule has 6 nitrogen and oxygen atoms in total. The Bertz CT molecular complexity index is 648. The van der Waals surface area contributed by atoms with Crippen LogP contribution in [0, 0.1) is 0 Å². The average molecular weight is 378 g/mol. The van der Waals surface area contributed by atoms with Gasteiger partial charge in [0.25, 0.3) is 0 Å². The predicted octanol–water partition coefficient (Wildman–Crippen LogP) is 1.70. The van der Waals surface area contributed by atoms with E-state index in [2.05, 4.69) is 15.9 Å². The summed E-state index contributed by atoms with van der Waals surface area (Å²) in [6, 6.07) is 6.37. The fourth-order valence-electron chi connectivity index (χ4n) is 2.63. The third-order valence-corrected chi connectivity index (χ3v) is 6.59. The van der Waals surface area contributed by atoms with Gasteiger partial charge in [-0.3, -0.25) is 4.79 Å². The molecule has 8 heteroatoms. The molecule has 0 aromatic heterocycles. The topological polar surface area (TPSA) is 83.9 Å². The number of carbonyl (C=O) groups is 1. The quantitative estimate of drug-likeness (QED) is 0.843. The summed E-state index contributed by atoms with van der Waals surface area (Å²) in [6.45, 7) is -0.00859. The van der Waals surface area contributed by atoms with E-state index in [4.69, 9.17) is 4.74 Å². The first-order valence-corrected chi connectivity index (χ1v) is 8.59. The van der Waals surface area contributed by atoms with E-state index in [1.165, 1.54) is 13.2 Å². The highest BCUT2D eigenvalue weighted by Gasteiger charge is 2.53. The number of benzene rings is 1. The van der Waals surface area contributed by atoms with Crippen molar-refractivity contribution in [2.24, 2.45) is 0 Å². The van der Waals surface area contributed by atoms with Crippen LogP contribution in [0.2, 0.25) is 0 Å². The third kappa shape index (κ3) is 2.73. The number of sulfonamides is 1. The van der Waals surface area contributed by atoms with Gasteiger partial charge >= 0.3 is 5.97 Å². The van der Waals surface area contributed by atoms with Crippen molar-refractivity contribution in [1.29, 1.82) is 0 Å². The Morgan fingerprint density at radius 1 is 1.48 bits per heavy atom. The fraction of sp³-hybridized carbons (Fsp3) is 0.462. The molecule has 0 radical (unpaired) electrons. The van der Waals surface area contributed by atoms with E-state index in [1.54, 1.807) is 18.2 Å². The molecule has 0 bridgehead atoms. The molecular weight excluding hydrogens is 362 g/mol.